The summed E-state index contributed by atoms with van der Waals surface area (Å²) in [6.07, 6.45) is 3.73. The maximum Gasteiger partial charge on any atom is 0.246 e. The first kappa shape index (κ1) is 15.5. The summed E-state index contributed by atoms with van der Waals surface area (Å²) in [5.41, 5.74) is 0. The number of anilines is 1. The second-order valence-electron chi connectivity index (χ2n) is 4.71. The van der Waals surface area contributed by atoms with Gasteiger partial charge in [-0.05, 0) is 13.3 Å². The van der Waals surface area contributed by atoms with Crippen molar-refractivity contribution < 1.29 is 8.42 Å². The van der Waals surface area contributed by atoms with Gasteiger partial charge in [0.15, 0.2) is 0 Å². The van der Waals surface area contributed by atoms with Gasteiger partial charge in [0.25, 0.3) is 0 Å². The highest BCUT2D eigenvalue weighted by molar-refractivity contribution is 7.99. The van der Waals surface area contributed by atoms with E-state index in [9.17, 15) is 8.42 Å². The molecule has 8 heteroatoms. The molecule has 0 radical (unpaired) electrons. The Kier molecular flexibility index (Phi) is 5.22. The fraction of sp³-hybridized carbons (Fsp3) is 0.667. The van der Waals surface area contributed by atoms with Crippen molar-refractivity contribution in [3.05, 3.63) is 12.4 Å². The number of nitrogens with one attached hydrogen (secondary N) is 1. The minimum atomic E-state index is -3.48. The molecule has 0 saturated carbocycles. The highest BCUT2D eigenvalue weighted by atomic mass is 32.2. The predicted molar refractivity (Wildman–Crippen MR) is 81.5 cm³/mol. The maximum absolute atomic E-state index is 12.5. The van der Waals surface area contributed by atoms with Crippen molar-refractivity contribution in [1.82, 2.24) is 14.3 Å². The first-order valence-corrected chi connectivity index (χ1v) is 9.30. The van der Waals surface area contributed by atoms with Crippen LogP contribution in [0.4, 0.5) is 5.95 Å². The molecular formula is C12H20N4O2S2. The minimum absolute atomic E-state index is 0.0108. The Morgan fingerprint density at radius 1 is 1.45 bits per heavy atom. The van der Waals surface area contributed by atoms with Crippen LogP contribution in [-0.2, 0) is 10.0 Å². The lowest BCUT2D eigenvalue weighted by atomic mass is 10.4. The number of hydrogen-bond acceptors (Lipinski definition) is 6. The average Bonchev–Trinajstić information content (AvgIpc) is 2.46. The molecule has 1 fully saturated rings. The molecule has 1 aromatic heterocycles. The summed E-state index contributed by atoms with van der Waals surface area (Å²) >= 11 is 1.78. The molecule has 1 atom stereocenters. The number of rotatable bonds is 5. The smallest absolute Gasteiger partial charge is 0.246 e. The molecule has 1 aliphatic heterocycles. The SMILES string of the molecule is CCCNc1ncc(S(=O)(=O)N2CCSCC2C)cn1. The summed E-state index contributed by atoms with van der Waals surface area (Å²) < 4.78 is 26.6. The molecule has 1 aromatic rings. The van der Waals surface area contributed by atoms with Gasteiger partial charge in [0.1, 0.15) is 4.90 Å². The lowest BCUT2D eigenvalue weighted by Crippen LogP contribution is -2.44. The van der Waals surface area contributed by atoms with E-state index < -0.39 is 10.0 Å². The van der Waals surface area contributed by atoms with E-state index in [-0.39, 0.29) is 10.9 Å². The molecule has 0 aromatic carbocycles. The van der Waals surface area contributed by atoms with Crippen molar-refractivity contribution in [1.29, 1.82) is 0 Å². The van der Waals surface area contributed by atoms with Gasteiger partial charge in [-0.1, -0.05) is 6.92 Å². The van der Waals surface area contributed by atoms with E-state index in [1.54, 1.807) is 16.1 Å². The van der Waals surface area contributed by atoms with Crippen molar-refractivity contribution in [3.63, 3.8) is 0 Å². The number of sulfonamides is 1. The molecule has 1 saturated heterocycles. The van der Waals surface area contributed by atoms with Crippen LogP contribution in [0.1, 0.15) is 20.3 Å². The molecule has 112 valence electrons. The topological polar surface area (TPSA) is 75.2 Å². The van der Waals surface area contributed by atoms with E-state index in [0.717, 1.165) is 24.5 Å². The van der Waals surface area contributed by atoms with Gasteiger partial charge < -0.3 is 5.32 Å². The number of aromatic nitrogens is 2. The predicted octanol–water partition coefficient (Wildman–Crippen LogP) is 1.42. The quantitative estimate of drug-likeness (QED) is 0.885. The largest absolute Gasteiger partial charge is 0.354 e. The average molecular weight is 316 g/mol. The third-order valence-corrected chi connectivity index (χ3v) is 6.23. The van der Waals surface area contributed by atoms with Gasteiger partial charge in [0.05, 0.1) is 12.4 Å². The Bertz CT molecular complexity index is 533. The molecular weight excluding hydrogens is 296 g/mol. The van der Waals surface area contributed by atoms with Crippen molar-refractivity contribution in [2.75, 3.05) is 29.9 Å². The first-order chi connectivity index (χ1) is 9.55. The Morgan fingerprint density at radius 2 is 2.15 bits per heavy atom. The summed E-state index contributed by atoms with van der Waals surface area (Å²) in [6.45, 7) is 5.29. The highest BCUT2D eigenvalue weighted by Crippen LogP contribution is 2.23. The normalized spacial score (nSPS) is 20.8. The molecule has 1 aliphatic rings. The van der Waals surface area contributed by atoms with Gasteiger partial charge in [-0.15, -0.1) is 0 Å². The third kappa shape index (κ3) is 3.42. The molecule has 0 spiro atoms. The van der Waals surface area contributed by atoms with Crippen LogP contribution in [0.25, 0.3) is 0 Å². The zero-order valence-electron chi connectivity index (χ0n) is 11.7. The number of thioether (sulfide) groups is 1. The molecule has 2 heterocycles. The van der Waals surface area contributed by atoms with E-state index in [0.29, 0.717) is 12.5 Å². The van der Waals surface area contributed by atoms with Gasteiger partial charge in [0.2, 0.25) is 16.0 Å². The van der Waals surface area contributed by atoms with E-state index >= 15 is 0 Å². The third-order valence-electron chi connectivity index (χ3n) is 3.07. The fourth-order valence-electron chi connectivity index (χ4n) is 1.98. The van der Waals surface area contributed by atoms with Crippen LogP contribution in [0.3, 0.4) is 0 Å². The van der Waals surface area contributed by atoms with Crippen molar-refractivity contribution in [2.45, 2.75) is 31.2 Å². The van der Waals surface area contributed by atoms with Gasteiger partial charge in [-0.3, -0.25) is 0 Å². The Morgan fingerprint density at radius 3 is 2.75 bits per heavy atom. The van der Waals surface area contributed by atoms with Crippen LogP contribution in [0.15, 0.2) is 17.3 Å². The maximum atomic E-state index is 12.5. The molecule has 20 heavy (non-hydrogen) atoms. The second-order valence-corrected chi connectivity index (χ2v) is 7.75. The molecule has 0 bridgehead atoms. The van der Waals surface area contributed by atoms with Crippen LogP contribution >= 0.6 is 11.8 Å². The molecule has 1 unspecified atom stereocenters. The summed E-state index contributed by atoms with van der Waals surface area (Å²) in [5, 5.41) is 3.03. The molecule has 0 amide bonds. The number of nitrogens with zero attached hydrogens (tertiary/aromatic N) is 3. The van der Waals surface area contributed by atoms with E-state index in [1.165, 1.54) is 12.4 Å². The molecule has 1 N–H and O–H groups in total. The van der Waals surface area contributed by atoms with Crippen LogP contribution in [0.2, 0.25) is 0 Å². The first-order valence-electron chi connectivity index (χ1n) is 6.71. The van der Waals surface area contributed by atoms with Gasteiger partial charge in [-0.2, -0.15) is 16.1 Å². The summed E-state index contributed by atoms with van der Waals surface area (Å²) in [6, 6.07) is 0.0108. The Hall–Kier alpha value is -0.860. The molecule has 0 aliphatic carbocycles. The van der Waals surface area contributed by atoms with E-state index in [4.69, 9.17) is 0 Å². The van der Waals surface area contributed by atoms with E-state index in [2.05, 4.69) is 15.3 Å². The second kappa shape index (κ2) is 6.73. The lowest BCUT2D eigenvalue weighted by molar-refractivity contribution is 0.367. The Balaban J connectivity index is 2.16. The highest BCUT2D eigenvalue weighted by Gasteiger charge is 2.31. The Labute approximate surface area is 124 Å². The minimum Gasteiger partial charge on any atom is -0.354 e. The zero-order valence-corrected chi connectivity index (χ0v) is 13.4. The molecule has 2 rings (SSSR count). The summed E-state index contributed by atoms with van der Waals surface area (Å²) in [4.78, 5) is 8.30. The lowest BCUT2D eigenvalue weighted by Gasteiger charge is -2.31. The van der Waals surface area contributed by atoms with Crippen LogP contribution in [0.5, 0.6) is 0 Å². The van der Waals surface area contributed by atoms with Crippen LogP contribution in [0, 0.1) is 0 Å². The standard InChI is InChI=1S/C12H20N4O2S2/c1-3-4-13-12-14-7-11(8-15-12)20(17,18)16-5-6-19-9-10(16)2/h7-8,10H,3-6,9H2,1-2H3,(H,13,14,15). The summed E-state index contributed by atoms with van der Waals surface area (Å²) in [5.74, 6) is 2.13. The van der Waals surface area contributed by atoms with Crippen molar-refractivity contribution in [2.24, 2.45) is 0 Å². The zero-order chi connectivity index (χ0) is 14.6. The fourth-order valence-corrected chi connectivity index (χ4v) is 4.73. The van der Waals surface area contributed by atoms with Crippen molar-refractivity contribution >= 4 is 27.7 Å². The van der Waals surface area contributed by atoms with E-state index in [1.807, 2.05) is 13.8 Å². The monoisotopic (exact) mass is 316 g/mol. The van der Waals surface area contributed by atoms with Crippen LogP contribution in [-0.4, -0.2) is 53.3 Å². The van der Waals surface area contributed by atoms with Gasteiger partial charge >= 0.3 is 0 Å². The van der Waals surface area contributed by atoms with Gasteiger partial charge in [0, 0.05) is 30.6 Å². The van der Waals surface area contributed by atoms with Gasteiger partial charge in [-0.25, -0.2) is 18.4 Å². The summed E-state index contributed by atoms with van der Waals surface area (Å²) in [7, 11) is -3.48. The van der Waals surface area contributed by atoms with Crippen LogP contribution < -0.4 is 5.32 Å². The molecule has 6 nitrogen and oxygen atoms in total. The van der Waals surface area contributed by atoms with Crippen molar-refractivity contribution in [3.8, 4) is 0 Å². The number of hydrogen-bond donors (Lipinski definition) is 1.